The Morgan fingerprint density at radius 3 is 2.81 bits per heavy atom. The molecule has 1 unspecified atom stereocenters. The van der Waals surface area contributed by atoms with Crippen molar-refractivity contribution in [3.8, 4) is 11.5 Å². The first-order valence-corrected chi connectivity index (χ1v) is 5.75. The molecule has 0 bridgehead atoms. The number of phenolic OH excluding ortho intramolecular Hbond substituents is 1. The molecule has 0 radical (unpaired) electrons. The van der Waals surface area contributed by atoms with Crippen molar-refractivity contribution in [2.45, 2.75) is 27.2 Å². The molecule has 2 heteroatoms. The zero-order valence-electron chi connectivity index (χ0n) is 10.2. The van der Waals surface area contributed by atoms with Crippen molar-refractivity contribution in [3.63, 3.8) is 0 Å². The van der Waals surface area contributed by atoms with E-state index in [0.29, 0.717) is 18.3 Å². The van der Waals surface area contributed by atoms with E-state index >= 15 is 0 Å². The molecule has 1 aromatic rings. The zero-order valence-corrected chi connectivity index (χ0v) is 10.2. The fourth-order valence-electron chi connectivity index (χ4n) is 1.75. The molecule has 88 valence electrons. The number of hydrogen-bond donors (Lipinski definition) is 1. The van der Waals surface area contributed by atoms with Crippen LogP contribution >= 0.6 is 0 Å². The van der Waals surface area contributed by atoms with Crippen molar-refractivity contribution in [1.82, 2.24) is 0 Å². The molecule has 0 aliphatic rings. The Morgan fingerprint density at radius 2 is 2.19 bits per heavy atom. The average molecular weight is 220 g/mol. The van der Waals surface area contributed by atoms with E-state index in [4.69, 9.17) is 4.74 Å². The molecular weight excluding hydrogens is 200 g/mol. The van der Waals surface area contributed by atoms with Crippen molar-refractivity contribution in [2.24, 2.45) is 5.92 Å². The summed E-state index contributed by atoms with van der Waals surface area (Å²) < 4.78 is 5.35. The molecular formula is C14H20O2. The van der Waals surface area contributed by atoms with Gasteiger partial charge in [-0.3, -0.25) is 0 Å². The third-order valence-corrected chi connectivity index (χ3v) is 2.45. The van der Waals surface area contributed by atoms with Crippen LogP contribution < -0.4 is 4.74 Å². The second-order valence-electron chi connectivity index (χ2n) is 3.90. The summed E-state index contributed by atoms with van der Waals surface area (Å²) >= 11 is 0. The van der Waals surface area contributed by atoms with Crippen LogP contribution in [-0.4, -0.2) is 11.7 Å². The van der Waals surface area contributed by atoms with Gasteiger partial charge in [-0.1, -0.05) is 31.2 Å². The van der Waals surface area contributed by atoms with Gasteiger partial charge >= 0.3 is 0 Å². The van der Waals surface area contributed by atoms with E-state index in [2.05, 4.69) is 13.0 Å². The highest BCUT2D eigenvalue weighted by atomic mass is 16.5. The summed E-state index contributed by atoms with van der Waals surface area (Å²) in [6, 6.07) is 5.66. The highest BCUT2D eigenvalue weighted by Gasteiger charge is 2.09. The van der Waals surface area contributed by atoms with Gasteiger partial charge in [0.15, 0.2) is 11.5 Å². The number of aromatic hydroxyl groups is 1. The molecule has 1 aromatic carbocycles. The van der Waals surface area contributed by atoms with E-state index < -0.39 is 0 Å². The van der Waals surface area contributed by atoms with E-state index in [1.54, 1.807) is 6.07 Å². The predicted molar refractivity (Wildman–Crippen MR) is 67.0 cm³/mol. The zero-order chi connectivity index (χ0) is 12.0. The van der Waals surface area contributed by atoms with Gasteiger partial charge in [0, 0.05) is 0 Å². The SMILES string of the molecule is C/C=C\C(C)Cc1cccc(OCC)c1O. The molecule has 0 aliphatic heterocycles. The van der Waals surface area contributed by atoms with Gasteiger partial charge < -0.3 is 9.84 Å². The summed E-state index contributed by atoms with van der Waals surface area (Å²) in [4.78, 5) is 0. The standard InChI is InChI=1S/C14H20O2/c1-4-7-11(3)10-12-8-6-9-13(14(12)15)16-5-2/h4,6-9,11,15H,5,10H2,1-3H3/b7-4-. The Balaban J connectivity index is 2.84. The van der Waals surface area contributed by atoms with E-state index in [0.717, 1.165) is 12.0 Å². The molecule has 1 rings (SSSR count). The summed E-state index contributed by atoms with van der Waals surface area (Å²) in [5, 5.41) is 9.99. The van der Waals surface area contributed by atoms with Gasteiger partial charge in [0.1, 0.15) is 0 Å². The first kappa shape index (κ1) is 12.6. The Bertz CT molecular complexity index is 356. The maximum atomic E-state index is 9.99. The normalized spacial score (nSPS) is 12.9. The third kappa shape index (κ3) is 3.30. The maximum absolute atomic E-state index is 9.99. The Kier molecular flexibility index (Phi) is 4.90. The Hall–Kier alpha value is -1.44. The minimum atomic E-state index is 0.278. The van der Waals surface area contributed by atoms with Crippen LogP contribution in [-0.2, 0) is 6.42 Å². The van der Waals surface area contributed by atoms with Crippen LogP contribution in [0, 0.1) is 5.92 Å². The van der Waals surface area contributed by atoms with Crippen molar-refractivity contribution < 1.29 is 9.84 Å². The van der Waals surface area contributed by atoms with E-state index in [9.17, 15) is 5.11 Å². The second-order valence-corrected chi connectivity index (χ2v) is 3.90. The summed E-state index contributed by atoms with van der Waals surface area (Å²) in [6.45, 7) is 6.62. The van der Waals surface area contributed by atoms with Crippen LogP contribution in [0.5, 0.6) is 11.5 Å². The van der Waals surface area contributed by atoms with E-state index in [-0.39, 0.29) is 5.75 Å². The molecule has 0 aliphatic carbocycles. The van der Waals surface area contributed by atoms with Crippen LogP contribution in [0.4, 0.5) is 0 Å². The lowest BCUT2D eigenvalue weighted by Gasteiger charge is -2.12. The van der Waals surface area contributed by atoms with Crippen LogP contribution in [0.1, 0.15) is 26.3 Å². The largest absolute Gasteiger partial charge is 0.504 e. The number of allylic oxidation sites excluding steroid dienone is 2. The molecule has 1 atom stereocenters. The fourth-order valence-corrected chi connectivity index (χ4v) is 1.75. The molecule has 0 heterocycles. The topological polar surface area (TPSA) is 29.5 Å². The number of phenols is 1. The number of benzene rings is 1. The van der Waals surface area contributed by atoms with Gasteiger partial charge in [-0.25, -0.2) is 0 Å². The summed E-state index contributed by atoms with van der Waals surface area (Å²) in [7, 11) is 0. The molecule has 0 fully saturated rings. The molecule has 16 heavy (non-hydrogen) atoms. The van der Waals surface area contributed by atoms with Crippen LogP contribution in [0.15, 0.2) is 30.4 Å². The number of ether oxygens (including phenoxy) is 1. The Labute approximate surface area is 97.6 Å². The Morgan fingerprint density at radius 1 is 1.44 bits per heavy atom. The van der Waals surface area contributed by atoms with Gasteiger partial charge in [-0.2, -0.15) is 0 Å². The molecule has 0 saturated heterocycles. The lowest BCUT2D eigenvalue weighted by Crippen LogP contribution is -1.98. The predicted octanol–water partition coefficient (Wildman–Crippen LogP) is 3.55. The van der Waals surface area contributed by atoms with Crippen molar-refractivity contribution in [1.29, 1.82) is 0 Å². The van der Waals surface area contributed by atoms with E-state index in [1.807, 2.05) is 32.1 Å². The molecule has 0 aromatic heterocycles. The van der Waals surface area contributed by atoms with E-state index in [1.165, 1.54) is 0 Å². The fraction of sp³-hybridized carbons (Fsp3) is 0.429. The smallest absolute Gasteiger partial charge is 0.161 e. The van der Waals surface area contributed by atoms with Crippen molar-refractivity contribution in [2.75, 3.05) is 6.61 Å². The molecule has 1 N–H and O–H groups in total. The van der Waals surface area contributed by atoms with Crippen molar-refractivity contribution >= 4 is 0 Å². The van der Waals surface area contributed by atoms with Gasteiger partial charge in [0.25, 0.3) is 0 Å². The van der Waals surface area contributed by atoms with Crippen molar-refractivity contribution in [3.05, 3.63) is 35.9 Å². The van der Waals surface area contributed by atoms with Crippen LogP contribution in [0.2, 0.25) is 0 Å². The summed E-state index contributed by atoms with van der Waals surface area (Å²) in [5.41, 5.74) is 0.941. The highest BCUT2D eigenvalue weighted by molar-refractivity contribution is 5.45. The second kappa shape index (κ2) is 6.21. The monoisotopic (exact) mass is 220 g/mol. The highest BCUT2D eigenvalue weighted by Crippen LogP contribution is 2.31. The van der Waals surface area contributed by atoms with Crippen LogP contribution in [0.3, 0.4) is 0 Å². The van der Waals surface area contributed by atoms with Gasteiger partial charge in [-0.05, 0) is 37.8 Å². The van der Waals surface area contributed by atoms with Gasteiger partial charge in [-0.15, -0.1) is 0 Å². The van der Waals surface area contributed by atoms with Gasteiger partial charge in [0.2, 0.25) is 0 Å². The number of hydrogen-bond acceptors (Lipinski definition) is 2. The maximum Gasteiger partial charge on any atom is 0.161 e. The molecule has 2 nitrogen and oxygen atoms in total. The lowest BCUT2D eigenvalue weighted by atomic mass is 10.00. The van der Waals surface area contributed by atoms with Gasteiger partial charge in [0.05, 0.1) is 6.61 Å². The number of rotatable bonds is 5. The average Bonchev–Trinajstić information content (AvgIpc) is 2.24. The molecule has 0 saturated carbocycles. The minimum Gasteiger partial charge on any atom is -0.504 e. The first-order chi connectivity index (χ1) is 7.69. The quantitative estimate of drug-likeness (QED) is 0.769. The third-order valence-electron chi connectivity index (χ3n) is 2.45. The summed E-state index contributed by atoms with van der Waals surface area (Å²) in [5.74, 6) is 1.28. The minimum absolute atomic E-state index is 0.278. The number of para-hydroxylation sites is 1. The molecule has 0 amide bonds. The first-order valence-electron chi connectivity index (χ1n) is 5.75. The summed E-state index contributed by atoms with van der Waals surface area (Å²) in [6.07, 6.45) is 5.00. The lowest BCUT2D eigenvalue weighted by molar-refractivity contribution is 0.316. The molecule has 0 spiro atoms. The van der Waals surface area contributed by atoms with Crippen LogP contribution in [0.25, 0.3) is 0 Å².